The van der Waals surface area contributed by atoms with Gasteiger partial charge in [0.2, 0.25) is 17.7 Å². The number of carbonyl (C=O) groups excluding carboxylic acids is 1. The number of halogens is 1. The van der Waals surface area contributed by atoms with Crippen LogP contribution in [0.2, 0.25) is 0 Å². The standard InChI is InChI=1S/C13H17ClN5O2/c1-13(2,3)18-6-10(21-8-12(18)20)9-4-5-11-15-16-17-19(11,14)7-9/h4-5,7,10H,6,8H2,1-3H3/q+1. The van der Waals surface area contributed by atoms with Crippen molar-refractivity contribution in [1.82, 2.24) is 4.90 Å². The molecule has 112 valence electrons. The summed E-state index contributed by atoms with van der Waals surface area (Å²) in [6.07, 6.45) is 5.15. The topological polar surface area (TPSA) is 66.6 Å². The van der Waals surface area contributed by atoms with Crippen LogP contribution in [-0.2, 0) is 9.53 Å². The molecule has 0 spiro atoms. The first-order valence-corrected chi connectivity index (χ1v) is 7.05. The zero-order valence-electron chi connectivity index (χ0n) is 12.2. The largest absolute Gasteiger partial charge is 0.362 e. The van der Waals surface area contributed by atoms with E-state index in [4.69, 9.17) is 16.5 Å². The number of hydrogen-bond acceptors (Lipinski definition) is 5. The van der Waals surface area contributed by atoms with Crippen molar-refractivity contribution in [1.29, 1.82) is 0 Å². The van der Waals surface area contributed by atoms with Gasteiger partial charge in [0.15, 0.2) is 6.20 Å². The Kier molecular flexibility index (Phi) is 3.23. The molecule has 3 rings (SSSR count). The molecule has 1 amide bonds. The first-order chi connectivity index (χ1) is 9.79. The molecule has 0 N–H and O–H groups in total. The molecule has 0 aromatic rings. The van der Waals surface area contributed by atoms with Crippen LogP contribution in [-0.4, -0.2) is 45.5 Å². The summed E-state index contributed by atoms with van der Waals surface area (Å²) in [5.74, 6) is 0.539. The van der Waals surface area contributed by atoms with E-state index in [0.29, 0.717) is 12.4 Å². The molecule has 0 bridgehead atoms. The maximum absolute atomic E-state index is 12.0. The Bertz CT molecular complexity index is 604. The van der Waals surface area contributed by atoms with Gasteiger partial charge in [-0.3, -0.25) is 4.79 Å². The van der Waals surface area contributed by atoms with Gasteiger partial charge in [-0.2, -0.15) is 0 Å². The molecule has 3 aliphatic heterocycles. The quantitative estimate of drug-likeness (QED) is 0.696. The van der Waals surface area contributed by atoms with E-state index in [1.54, 1.807) is 12.3 Å². The average molecular weight is 311 g/mol. The minimum absolute atomic E-state index is 0.00276. The molecular weight excluding hydrogens is 294 g/mol. The summed E-state index contributed by atoms with van der Waals surface area (Å²) in [6.45, 7) is 6.57. The van der Waals surface area contributed by atoms with E-state index in [9.17, 15) is 4.79 Å². The number of nitrogens with zero attached hydrogens (tertiary/aromatic N) is 5. The second kappa shape index (κ2) is 4.72. The summed E-state index contributed by atoms with van der Waals surface area (Å²) >= 11 is 6.32. The van der Waals surface area contributed by atoms with Gasteiger partial charge in [0.25, 0.3) is 5.84 Å². The van der Waals surface area contributed by atoms with Gasteiger partial charge in [-0.1, -0.05) is 5.10 Å². The summed E-state index contributed by atoms with van der Waals surface area (Å²) in [6, 6.07) is 0. The maximum Gasteiger partial charge on any atom is 0.300 e. The minimum atomic E-state index is -0.324. The van der Waals surface area contributed by atoms with E-state index in [2.05, 4.69) is 15.5 Å². The molecule has 0 saturated carbocycles. The van der Waals surface area contributed by atoms with Crippen LogP contribution in [0.3, 0.4) is 0 Å². The van der Waals surface area contributed by atoms with Crippen molar-refractivity contribution in [2.24, 2.45) is 15.5 Å². The Balaban J connectivity index is 1.84. The molecule has 0 aromatic heterocycles. The number of morpholine rings is 1. The molecule has 21 heavy (non-hydrogen) atoms. The zero-order valence-corrected chi connectivity index (χ0v) is 12.9. The van der Waals surface area contributed by atoms with Gasteiger partial charge >= 0.3 is 0 Å². The van der Waals surface area contributed by atoms with Gasteiger partial charge in [-0.05, 0) is 31.0 Å². The van der Waals surface area contributed by atoms with E-state index in [0.717, 1.165) is 5.57 Å². The molecule has 0 radical (unpaired) electrons. The predicted octanol–water partition coefficient (Wildman–Crippen LogP) is 2.13. The van der Waals surface area contributed by atoms with Crippen LogP contribution in [0, 0.1) is 0 Å². The summed E-state index contributed by atoms with van der Waals surface area (Å²) in [5, 5.41) is 11.3. The number of amidine groups is 1. The van der Waals surface area contributed by atoms with Crippen LogP contribution in [0.25, 0.3) is 0 Å². The minimum Gasteiger partial charge on any atom is -0.362 e. The Labute approximate surface area is 127 Å². The van der Waals surface area contributed by atoms with E-state index >= 15 is 0 Å². The van der Waals surface area contributed by atoms with Gasteiger partial charge < -0.3 is 9.64 Å². The van der Waals surface area contributed by atoms with Crippen LogP contribution in [0.5, 0.6) is 0 Å². The van der Waals surface area contributed by atoms with E-state index in [1.807, 2.05) is 31.7 Å². The van der Waals surface area contributed by atoms with Crippen LogP contribution >= 0.6 is 11.8 Å². The summed E-state index contributed by atoms with van der Waals surface area (Å²) in [7, 11) is 0. The van der Waals surface area contributed by atoms with Crippen molar-refractivity contribution in [3.8, 4) is 0 Å². The van der Waals surface area contributed by atoms with Crippen LogP contribution in [0.4, 0.5) is 0 Å². The molecule has 2 unspecified atom stereocenters. The van der Waals surface area contributed by atoms with Crippen molar-refractivity contribution in [2.45, 2.75) is 32.4 Å². The Morgan fingerprint density at radius 2 is 2.19 bits per heavy atom. The lowest BCUT2D eigenvalue weighted by molar-refractivity contribution is -0.667. The summed E-state index contributed by atoms with van der Waals surface area (Å²) in [5.41, 5.74) is 0.622. The van der Waals surface area contributed by atoms with E-state index in [-0.39, 0.29) is 28.3 Å². The van der Waals surface area contributed by atoms with Gasteiger partial charge in [0.05, 0.1) is 11.8 Å². The van der Waals surface area contributed by atoms with Gasteiger partial charge in [0.1, 0.15) is 12.7 Å². The molecule has 3 aliphatic rings. The van der Waals surface area contributed by atoms with E-state index < -0.39 is 0 Å². The highest BCUT2D eigenvalue weighted by Gasteiger charge is 2.42. The average Bonchev–Trinajstić information content (AvgIpc) is 2.78. The fraction of sp³-hybridized carbons (Fsp3) is 0.538. The third-order valence-corrected chi connectivity index (χ3v) is 3.96. The molecule has 1 fully saturated rings. The van der Waals surface area contributed by atoms with Crippen LogP contribution < -0.4 is 0 Å². The normalized spacial score (nSPS) is 32.1. The number of quaternary nitrogens is 1. The van der Waals surface area contributed by atoms with Crippen molar-refractivity contribution in [3.05, 3.63) is 23.9 Å². The SMILES string of the molecule is CC(C)(C)N1CC(C2=C[N+]3(Cl)N=NN=C3C=C2)OCC1=O. The molecule has 0 aromatic carbocycles. The first kappa shape index (κ1) is 14.4. The van der Waals surface area contributed by atoms with Gasteiger partial charge in [-0.15, -0.1) is 0 Å². The molecule has 3 heterocycles. The number of amides is 1. The van der Waals surface area contributed by atoms with Gasteiger partial charge in [-0.25, -0.2) is 0 Å². The highest BCUT2D eigenvalue weighted by Crippen LogP contribution is 2.31. The maximum atomic E-state index is 12.0. The van der Waals surface area contributed by atoms with Crippen molar-refractivity contribution in [3.63, 3.8) is 0 Å². The van der Waals surface area contributed by atoms with E-state index in [1.165, 1.54) is 0 Å². The third kappa shape index (κ3) is 2.52. The molecule has 1 saturated heterocycles. The van der Waals surface area contributed by atoms with Crippen LogP contribution in [0.15, 0.2) is 39.5 Å². The number of fused-ring (bicyclic) bond motifs is 1. The highest BCUT2D eigenvalue weighted by molar-refractivity contribution is 6.15. The van der Waals surface area contributed by atoms with Crippen LogP contribution in [0.1, 0.15) is 20.8 Å². The Morgan fingerprint density at radius 1 is 1.43 bits per heavy atom. The zero-order chi connectivity index (χ0) is 15.3. The predicted molar refractivity (Wildman–Crippen MR) is 76.8 cm³/mol. The Morgan fingerprint density at radius 3 is 2.90 bits per heavy atom. The lowest BCUT2D eigenvalue weighted by atomic mass is 10.0. The first-order valence-electron chi connectivity index (χ1n) is 6.72. The fourth-order valence-electron chi connectivity index (χ4n) is 2.48. The fourth-order valence-corrected chi connectivity index (χ4v) is 2.72. The monoisotopic (exact) mass is 310 g/mol. The second-order valence-electron chi connectivity index (χ2n) is 6.18. The number of ether oxygens (including phenoxy) is 1. The number of carbonyl (C=O) groups is 1. The number of hydrogen-bond donors (Lipinski definition) is 0. The lowest BCUT2D eigenvalue weighted by Crippen LogP contribution is -2.55. The van der Waals surface area contributed by atoms with Crippen molar-refractivity contribution >= 4 is 23.5 Å². The highest BCUT2D eigenvalue weighted by atomic mass is 35.5. The second-order valence-corrected chi connectivity index (χ2v) is 6.69. The Hall–Kier alpha value is -1.57. The molecule has 2 atom stereocenters. The smallest absolute Gasteiger partial charge is 0.300 e. The summed E-state index contributed by atoms with van der Waals surface area (Å²) in [4.78, 5) is 13.8. The van der Waals surface area contributed by atoms with Crippen molar-refractivity contribution < 1.29 is 13.6 Å². The third-order valence-electron chi connectivity index (χ3n) is 3.62. The molecule has 0 aliphatic carbocycles. The number of rotatable bonds is 1. The van der Waals surface area contributed by atoms with Crippen molar-refractivity contribution in [2.75, 3.05) is 13.2 Å². The lowest BCUT2D eigenvalue weighted by Gasteiger charge is -2.41. The molecule has 8 heteroatoms. The molecular formula is C13H17ClN5O2+. The summed E-state index contributed by atoms with van der Waals surface area (Å²) < 4.78 is 5.33. The van der Waals surface area contributed by atoms with Gasteiger partial charge in [0, 0.05) is 22.4 Å². The molecule has 7 nitrogen and oxygen atoms in total.